The summed E-state index contributed by atoms with van der Waals surface area (Å²) >= 11 is 0. The van der Waals surface area contributed by atoms with Crippen LogP contribution in [0, 0.1) is 10.1 Å². The first-order valence-electron chi connectivity index (χ1n) is 3.06. The summed E-state index contributed by atoms with van der Waals surface area (Å²) in [6, 6.07) is 0. The number of aliphatic hydroxyl groups is 1. The van der Waals surface area contributed by atoms with Crippen LogP contribution in [0.3, 0.4) is 0 Å². The highest BCUT2D eigenvalue weighted by atomic mass is 16.6. The van der Waals surface area contributed by atoms with Crippen molar-refractivity contribution in [3.63, 3.8) is 0 Å². The Kier molecular flexibility index (Phi) is 1.76. The lowest BCUT2D eigenvalue weighted by molar-refractivity contribution is -0.419. The van der Waals surface area contributed by atoms with Crippen molar-refractivity contribution in [2.45, 2.75) is 12.1 Å². The van der Waals surface area contributed by atoms with Crippen LogP contribution in [0.15, 0.2) is 23.9 Å². The molecule has 5 nitrogen and oxygen atoms in total. The van der Waals surface area contributed by atoms with E-state index in [1.807, 2.05) is 0 Å². The van der Waals surface area contributed by atoms with E-state index in [4.69, 9.17) is 10.8 Å². The summed E-state index contributed by atoms with van der Waals surface area (Å²) in [7, 11) is 0. The zero-order chi connectivity index (χ0) is 8.48. The minimum absolute atomic E-state index is 0.0277. The average Bonchev–Trinajstić information content (AvgIpc) is 1.86. The highest BCUT2D eigenvalue weighted by Crippen LogP contribution is 2.15. The molecule has 11 heavy (non-hydrogen) atoms. The average molecular weight is 156 g/mol. The van der Waals surface area contributed by atoms with Crippen LogP contribution in [0.2, 0.25) is 0 Å². The molecule has 0 aromatic rings. The molecular formula is C6H8N2O3. The molecule has 60 valence electrons. The third kappa shape index (κ3) is 1.86. The fraction of sp³-hybridized carbons (Fsp3) is 0.333. The molecule has 0 aromatic carbocycles. The first kappa shape index (κ1) is 7.90. The second-order valence-electron chi connectivity index (χ2n) is 2.41. The van der Waals surface area contributed by atoms with E-state index in [1.54, 1.807) is 0 Å². The van der Waals surface area contributed by atoms with Crippen molar-refractivity contribution >= 4 is 0 Å². The minimum Gasteiger partial charge on any atom is -0.372 e. The molecule has 0 heterocycles. The maximum atomic E-state index is 10.1. The number of nitro groups is 1. The van der Waals surface area contributed by atoms with Crippen LogP contribution >= 0.6 is 0 Å². The molecule has 1 aliphatic rings. The van der Waals surface area contributed by atoms with Crippen molar-refractivity contribution in [2.24, 2.45) is 5.73 Å². The van der Waals surface area contributed by atoms with Gasteiger partial charge in [-0.15, -0.1) is 0 Å². The summed E-state index contributed by atoms with van der Waals surface area (Å²) in [5.41, 5.74) is 3.80. The van der Waals surface area contributed by atoms with Gasteiger partial charge in [0.15, 0.2) is 0 Å². The van der Waals surface area contributed by atoms with E-state index in [0.29, 0.717) is 0 Å². The van der Waals surface area contributed by atoms with Crippen molar-refractivity contribution in [3.8, 4) is 0 Å². The SMILES string of the molecule is NC1(O)C=CC([N+](=O)[O-])=CC1. The lowest BCUT2D eigenvalue weighted by atomic mass is 10.0. The smallest absolute Gasteiger partial charge is 0.265 e. The lowest BCUT2D eigenvalue weighted by Crippen LogP contribution is -2.37. The molecular weight excluding hydrogens is 148 g/mol. The van der Waals surface area contributed by atoms with Gasteiger partial charge in [0.05, 0.1) is 4.92 Å². The van der Waals surface area contributed by atoms with Crippen molar-refractivity contribution < 1.29 is 10.0 Å². The molecule has 0 saturated heterocycles. The van der Waals surface area contributed by atoms with E-state index in [2.05, 4.69) is 0 Å². The molecule has 1 aliphatic carbocycles. The molecule has 5 heteroatoms. The van der Waals surface area contributed by atoms with Crippen LogP contribution in [0.25, 0.3) is 0 Å². The Labute approximate surface area is 63.0 Å². The largest absolute Gasteiger partial charge is 0.372 e. The summed E-state index contributed by atoms with van der Waals surface area (Å²) in [5.74, 6) is 0. The van der Waals surface area contributed by atoms with Gasteiger partial charge in [-0.3, -0.25) is 10.1 Å². The topological polar surface area (TPSA) is 89.4 Å². The minimum atomic E-state index is -1.42. The second-order valence-corrected chi connectivity index (χ2v) is 2.41. The fourth-order valence-corrected chi connectivity index (χ4v) is 0.769. The van der Waals surface area contributed by atoms with Gasteiger partial charge in [0.2, 0.25) is 0 Å². The van der Waals surface area contributed by atoms with Gasteiger partial charge in [0.25, 0.3) is 5.70 Å². The highest BCUT2D eigenvalue weighted by molar-refractivity contribution is 5.21. The molecule has 0 spiro atoms. The molecule has 3 N–H and O–H groups in total. The first-order chi connectivity index (χ1) is 5.01. The Hall–Kier alpha value is -1.20. The van der Waals surface area contributed by atoms with Gasteiger partial charge in [-0.05, 0) is 12.2 Å². The molecule has 1 atom stereocenters. The lowest BCUT2D eigenvalue weighted by Gasteiger charge is -2.18. The maximum absolute atomic E-state index is 10.1. The van der Waals surface area contributed by atoms with Gasteiger partial charge in [0.1, 0.15) is 5.72 Å². The van der Waals surface area contributed by atoms with Gasteiger partial charge >= 0.3 is 0 Å². The van der Waals surface area contributed by atoms with E-state index in [9.17, 15) is 10.1 Å². The third-order valence-electron chi connectivity index (χ3n) is 1.39. The summed E-state index contributed by atoms with van der Waals surface area (Å²) in [5, 5.41) is 19.2. The fourth-order valence-electron chi connectivity index (χ4n) is 0.769. The number of rotatable bonds is 1. The van der Waals surface area contributed by atoms with Gasteiger partial charge in [-0.25, -0.2) is 0 Å². The summed E-state index contributed by atoms with van der Waals surface area (Å²) in [6.07, 6.45) is 3.79. The highest BCUT2D eigenvalue weighted by Gasteiger charge is 2.22. The van der Waals surface area contributed by atoms with Crippen molar-refractivity contribution in [1.82, 2.24) is 0 Å². The van der Waals surface area contributed by atoms with E-state index >= 15 is 0 Å². The Morgan fingerprint density at radius 2 is 2.45 bits per heavy atom. The first-order valence-corrected chi connectivity index (χ1v) is 3.06. The standard InChI is InChI=1S/C6H8N2O3/c7-6(9)3-1-5(2-4-6)8(10)11/h1-3,9H,4,7H2. The van der Waals surface area contributed by atoms with Crippen molar-refractivity contribution in [3.05, 3.63) is 34.0 Å². The summed E-state index contributed by atoms with van der Waals surface area (Å²) < 4.78 is 0. The number of hydrogen-bond donors (Lipinski definition) is 2. The molecule has 0 bridgehead atoms. The molecule has 0 aromatic heterocycles. The van der Waals surface area contributed by atoms with Gasteiger partial charge < -0.3 is 10.8 Å². The molecule has 0 saturated carbocycles. The summed E-state index contributed by atoms with van der Waals surface area (Å²) in [4.78, 5) is 9.61. The van der Waals surface area contributed by atoms with Gasteiger partial charge in [-0.2, -0.15) is 0 Å². The Morgan fingerprint density at radius 1 is 1.82 bits per heavy atom. The Balaban J connectivity index is 2.75. The Morgan fingerprint density at radius 3 is 2.82 bits per heavy atom. The Bertz CT molecular complexity index is 242. The number of nitrogens with zero attached hydrogens (tertiary/aromatic N) is 1. The zero-order valence-corrected chi connectivity index (χ0v) is 5.73. The molecule has 1 rings (SSSR count). The molecule has 0 aliphatic heterocycles. The van der Waals surface area contributed by atoms with E-state index < -0.39 is 10.6 Å². The van der Waals surface area contributed by atoms with Gasteiger partial charge in [0, 0.05) is 12.5 Å². The third-order valence-corrected chi connectivity index (χ3v) is 1.39. The molecule has 0 fully saturated rings. The van der Waals surface area contributed by atoms with E-state index in [0.717, 1.165) is 0 Å². The van der Waals surface area contributed by atoms with Crippen LogP contribution in [0.4, 0.5) is 0 Å². The number of hydrogen-bond acceptors (Lipinski definition) is 4. The van der Waals surface area contributed by atoms with Crippen molar-refractivity contribution in [2.75, 3.05) is 0 Å². The van der Waals surface area contributed by atoms with E-state index in [1.165, 1.54) is 18.2 Å². The zero-order valence-electron chi connectivity index (χ0n) is 5.73. The summed E-state index contributed by atoms with van der Waals surface area (Å²) in [6.45, 7) is 0. The number of nitrogens with two attached hydrogens (primary N) is 1. The monoisotopic (exact) mass is 156 g/mol. The van der Waals surface area contributed by atoms with Crippen LogP contribution in [0.5, 0.6) is 0 Å². The molecule has 1 unspecified atom stereocenters. The predicted molar refractivity (Wildman–Crippen MR) is 38.0 cm³/mol. The van der Waals surface area contributed by atoms with Crippen molar-refractivity contribution in [1.29, 1.82) is 0 Å². The predicted octanol–water partition coefficient (Wildman–Crippen LogP) is -0.246. The molecule has 0 amide bonds. The van der Waals surface area contributed by atoms with Gasteiger partial charge in [-0.1, -0.05) is 0 Å². The quantitative estimate of drug-likeness (QED) is 0.311. The van der Waals surface area contributed by atoms with Crippen LogP contribution in [0.1, 0.15) is 6.42 Å². The molecule has 0 radical (unpaired) electrons. The second kappa shape index (κ2) is 2.44. The normalized spacial score (nSPS) is 29.8. The van der Waals surface area contributed by atoms with Crippen LogP contribution in [-0.2, 0) is 0 Å². The van der Waals surface area contributed by atoms with E-state index in [-0.39, 0.29) is 12.1 Å². The van der Waals surface area contributed by atoms with Crippen LogP contribution in [-0.4, -0.2) is 15.8 Å². The van der Waals surface area contributed by atoms with Crippen LogP contribution < -0.4 is 5.73 Å². The maximum Gasteiger partial charge on any atom is 0.265 e. The number of allylic oxidation sites excluding steroid dienone is 1.